The molecule has 0 unspecified atom stereocenters. The third-order valence-corrected chi connectivity index (χ3v) is 6.40. The van der Waals surface area contributed by atoms with Crippen LogP contribution in [0.2, 0.25) is 0 Å². The molecule has 2 heterocycles. The van der Waals surface area contributed by atoms with Gasteiger partial charge >= 0.3 is 0 Å². The first-order valence-corrected chi connectivity index (χ1v) is 10.3. The van der Waals surface area contributed by atoms with Crippen LogP contribution in [0, 0.1) is 11.2 Å². The Morgan fingerprint density at radius 3 is 2.62 bits per heavy atom. The van der Waals surface area contributed by atoms with Gasteiger partial charge in [-0.2, -0.15) is 0 Å². The number of ketones is 1. The second kappa shape index (κ2) is 6.41. The van der Waals surface area contributed by atoms with E-state index >= 15 is 0 Å². The number of pyridine rings is 1. The number of nitrogens with zero attached hydrogens (tertiary/aromatic N) is 1. The monoisotopic (exact) mass is 392 g/mol. The summed E-state index contributed by atoms with van der Waals surface area (Å²) in [5.41, 5.74) is 11.6. The molecule has 0 fully saturated rings. The highest BCUT2D eigenvalue weighted by Gasteiger charge is 2.44. The first-order valence-electron chi connectivity index (χ1n) is 10.3. The van der Waals surface area contributed by atoms with E-state index in [4.69, 9.17) is 15.5 Å². The fourth-order valence-electron chi connectivity index (χ4n) is 5.06. The maximum atomic E-state index is 13.6. The lowest BCUT2D eigenvalue weighted by Crippen LogP contribution is -2.34. The third kappa shape index (κ3) is 2.95. The largest absolute Gasteiger partial charge is 0.443 e. The van der Waals surface area contributed by atoms with Crippen molar-refractivity contribution in [3.05, 3.63) is 63.8 Å². The number of hydrogen-bond donors (Lipinski definition) is 1. The minimum atomic E-state index is -0.363. The number of fused-ring (bicyclic) bond motifs is 2. The number of ether oxygens (including phenoxy) is 1. The quantitative estimate of drug-likeness (QED) is 0.753. The molecule has 1 aliphatic heterocycles. The first-order chi connectivity index (χ1) is 13.8. The number of allylic oxidation sites excluding steroid dienone is 2. The number of aryl methyl sites for hydroxylation is 1. The molecule has 0 radical (unpaired) electrons. The Morgan fingerprint density at radius 2 is 1.86 bits per heavy atom. The summed E-state index contributed by atoms with van der Waals surface area (Å²) in [6, 6.07) is 6.35. The Balaban J connectivity index is 1.76. The number of carbonyl (C=O) groups is 1. The van der Waals surface area contributed by atoms with Gasteiger partial charge in [0.05, 0.1) is 5.56 Å². The van der Waals surface area contributed by atoms with E-state index < -0.39 is 0 Å². The Bertz CT molecular complexity index is 1050. The highest BCUT2D eigenvalue weighted by molar-refractivity contribution is 6.00. The summed E-state index contributed by atoms with van der Waals surface area (Å²) in [5, 5.41) is 0. The van der Waals surface area contributed by atoms with Crippen molar-refractivity contribution in [1.29, 1.82) is 0 Å². The molecule has 2 aromatic rings. The van der Waals surface area contributed by atoms with Crippen molar-refractivity contribution in [2.75, 3.05) is 5.73 Å². The predicted octanol–water partition coefficient (Wildman–Crippen LogP) is 4.85. The summed E-state index contributed by atoms with van der Waals surface area (Å²) in [6.07, 6.45) is 5.10. The van der Waals surface area contributed by atoms with Gasteiger partial charge in [0.15, 0.2) is 5.78 Å². The zero-order chi connectivity index (χ0) is 20.3. The second-order valence-electron chi connectivity index (χ2n) is 9.24. The third-order valence-electron chi connectivity index (χ3n) is 6.40. The minimum Gasteiger partial charge on any atom is -0.443 e. The van der Waals surface area contributed by atoms with E-state index in [1.807, 2.05) is 0 Å². The number of rotatable bonds is 1. The molecule has 0 saturated heterocycles. The number of nitrogen functional groups attached to an aromatic ring is 1. The highest BCUT2D eigenvalue weighted by atomic mass is 19.1. The summed E-state index contributed by atoms with van der Waals surface area (Å²) in [7, 11) is 0. The second-order valence-corrected chi connectivity index (χ2v) is 9.24. The van der Waals surface area contributed by atoms with E-state index in [1.54, 1.807) is 12.1 Å². The molecular formula is C24H25FN2O2. The van der Waals surface area contributed by atoms with Crippen molar-refractivity contribution >= 4 is 11.5 Å². The van der Waals surface area contributed by atoms with Gasteiger partial charge in [-0.25, -0.2) is 9.37 Å². The predicted molar refractivity (Wildman–Crippen MR) is 109 cm³/mol. The molecule has 1 aromatic heterocycles. The van der Waals surface area contributed by atoms with Crippen LogP contribution < -0.4 is 10.5 Å². The van der Waals surface area contributed by atoms with Crippen LogP contribution in [0.15, 0.2) is 35.6 Å². The molecule has 5 rings (SSSR count). The molecule has 5 heteroatoms. The van der Waals surface area contributed by atoms with Crippen molar-refractivity contribution in [2.24, 2.45) is 5.41 Å². The molecule has 4 nitrogen and oxygen atoms in total. The van der Waals surface area contributed by atoms with Crippen molar-refractivity contribution in [3.8, 4) is 5.88 Å². The SMILES string of the molecule is CC1(C)CC(=O)C2=C(C1)Oc1nc3c(c(N)c1[C@H]2c1ccc(F)cc1)CCCC3. The molecular weight excluding hydrogens is 367 g/mol. The average molecular weight is 392 g/mol. The molecule has 1 aromatic carbocycles. The van der Waals surface area contributed by atoms with Gasteiger partial charge in [-0.15, -0.1) is 0 Å². The molecule has 29 heavy (non-hydrogen) atoms. The number of carbonyl (C=O) groups excluding carboxylic acids is 1. The van der Waals surface area contributed by atoms with Gasteiger partial charge in [-0.05, 0) is 54.4 Å². The normalized spacial score (nSPS) is 22.4. The van der Waals surface area contributed by atoms with E-state index in [-0.39, 0.29) is 22.9 Å². The summed E-state index contributed by atoms with van der Waals surface area (Å²) < 4.78 is 19.9. The van der Waals surface area contributed by atoms with E-state index in [2.05, 4.69) is 13.8 Å². The highest BCUT2D eigenvalue weighted by Crippen LogP contribution is 2.52. The molecule has 3 aliphatic rings. The maximum Gasteiger partial charge on any atom is 0.225 e. The first kappa shape index (κ1) is 18.3. The lowest BCUT2D eigenvalue weighted by Gasteiger charge is -2.39. The van der Waals surface area contributed by atoms with Crippen molar-refractivity contribution < 1.29 is 13.9 Å². The minimum absolute atomic E-state index is 0.0772. The number of nitrogens with two attached hydrogens (primary N) is 1. The molecule has 0 amide bonds. The zero-order valence-electron chi connectivity index (χ0n) is 16.8. The number of benzene rings is 1. The zero-order valence-corrected chi connectivity index (χ0v) is 16.8. The van der Waals surface area contributed by atoms with Crippen LogP contribution in [0.3, 0.4) is 0 Å². The summed E-state index contributed by atoms with van der Waals surface area (Å²) in [6.45, 7) is 4.16. The smallest absolute Gasteiger partial charge is 0.225 e. The van der Waals surface area contributed by atoms with Gasteiger partial charge in [0.25, 0.3) is 0 Å². The lowest BCUT2D eigenvalue weighted by atomic mass is 9.69. The fraction of sp³-hybridized carbons (Fsp3) is 0.417. The topological polar surface area (TPSA) is 65.2 Å². The Morgan fingerprint density at radius 1 is 1.14 bits per heavy atom. The number of hydrogen-bond acceptors (Lipinski definition) is 4. The van der Waals surface area contributed by atoms with Crippen LogP contribution in [0.4, 0.5) is 10.1 Å². The fourth-order valence-corrected chi connectivity index (χ4v) is 5.06. The Kier molecular flexibility index (Phi) is 4.05. The summed E-state index contributed by atoms with van der Waals surface area (Å²) in [5.74, 6) is 0.617. The molecule has 0 saturated carbocycles. The molecule has 0 spiro atoms. The van der Waals surface area contributed by atoms with Crippen LogP contribution in [-0.2, 0) is 17.6 Å². The number of aromatic nitrogens is 1. The lowest BCUT2D eigenvalue weighted by molar-refractivity contribution is -0.118. The molecule has 150 valence electrons. The van der Waals surface area contributed by atoms with Crippen molar-refractivity contribution in [2.45, 2.75) is 58.3 Å². The van der Waals surface area contributed by atoms with Crippen LogP contribution >= 0.6 is 0 Å². The van der Waals surface area contributed by atoms with Crippen molar-refractivity contribution in [3.63, 3.8) is 0 Å². The van der Waals surface area contributed by atoms with Crippen LogP contribution in [0.1, 0.15) is 67.8 Å². The van der Waals surface area contributed by atoms with Gasteiger partial charge in [-0.3, -0.25) is 4.79 Å². The van der Waals surface area contributed by atoms with Gasteiger partial charge in [0.1, 0.15) is 11.6 Å². The maximum absolute atomic E-state index is 13.6. The standard InChI is InChI=1S/C24H25FN2O2/c1-24(2)11-17(28)20-18(12-24)29-23-21(19(20)13-7-9-14(25)10-8-13)22(26)15-5-3-4-6-16(15)27-23/h7-10,19H,3-6,11-12H2,1-2H3,(H2,26,27)/t19-/m0/s1. The van der Waals surface area contributed by atoms with Gasteiger partial charge in [0.2, 0.25) is 5.88 Å². The van der Waals surface area contributed by atoms with E-state index in [1.165, 1.54) is 12.1 Å². The molecule has 2 aliphatic carbocycles. The van der Waals surface area contributed by atoms with E-state index in [0.29, 0.717) is 35.7 Å². The van der Waals surface area contributed by atoms with E-state index in [9.17, 15) is 9.18 Å². The molecule has 1 atom stereocenters. The van der Waals surface area contributed by atoms with E-state index in [0.717, 1.165) is 48.1 Å². The van der Waals surface area contributed by atoms with Gasteiger partial charge in [0, 0.05) is 35.7 Å². The summed E-state index contributed by atoms with van der Waals surface area (Å²) in [4.78, 5) is 18.1. The average Bonchev–Trinajstić information content (AvgIpc) is 2.66. The Hall–Kier alpha value is -2.69. The molecule has 0 bridgehead atoms. The van der Waals surface area contributed by atoms with Gasteiger partial charge < -0.3 is 10.5 Å². The van der Waals surface area contributed by atoms with Crippen molar-refractivity contribution in [1.82, 2.24) is 4.98 Å². The number of halogens is 1. The van der Waals surface area contributed by atoms with Gasteiger partial charge in [-0.1, -0.05) is 26.0 Å². The van der Waals surface area contributed by atoms with Crippen LogP contribution in [0.5, 0.6) is 5.88 Å². The number of Topliss-reactive ketones (excluding diaryl/α,β-unsaturated/α-hetero) is 1. The van der Waals surface area contributed by atoms with Crippen LogP contribution in [0.25, 0.3) is 0 Å². The Labute approximate surface area is 170 Å². The summed E-state index contributed by atoms with van der Waals surface area (Å²) >= 11 is 0. The van der Waals surface area contributed by atoms with Crippen LogP contribution in [-0.4, -0.2) is 10.8 Å². The molecule has 2 N–H and O–H groups in total. The number of anilines is 1.